The fourth-order valence-electron chi connectivity index (χ4n) is 2.02. The van der Waals surface area contributed by atoms with Crippen LogP contribution in [0.5, 0.6) is 11.5 Å². The lowest BCUT2D eigenvalue weighted by Crippen LogP contribution is -2.03. The molecule has 2 aromatic carbocycles. The first-order valence-corrected chi connectivity index (χ1v) is 7.22. The summed E-state index contributed by atoms with van der Waals surface area (Å²) in [5.74, 6) is -0.435. The van der Waals surface area contributed by atoms with Gasteiger partial charge in [-0.1, -0.05) is 6.07 Å². The Balaban J connectivity index is 2.60. The van der Waals surface area contributed by atoms with Gasteiger partial charge in [-0.05, 0) is 34.1 Å². The van der Waals surface area contributed by atoms with Crippen molar-refractivity contribution in [2.24, 2.45) is 0 Å². The molecule has 2 rings (SSSR count). The van der Waals surface area contributed by atoms with E-state index < -0.39 is 17.0 Å². The van der Waals surface area contributed by atoms with E-state index in [1.807, 2.05) is 0 Å². The molecular formula is C15H12BrClF2O2. The number of benzene rings is 2. The Morgan fingerprint density at radius 2 is 1.71 bits per heavy atom. The summed E-state index contributed by atoms with van der Waals surface area (Å²) in [6.45, 7) is 0. The third kappa shape index (κ3) is 3.14. The molecule has 0 aliphatic heterocycles. The number of halogens is 4. The third-order valence-corrected chi connectivity index (χ3v) is 4.09. The molecule has 0 amide bonds. The van der Waals surface area contributed by atoms with E-state index in [9.17, 15) is 8.78 Å². The SMILES string of the molecule is COc1cc(F)c(Br)cc1C(Cl)c1c(F)cccc1OC. The van der Waals surface area contributed by atoms with Gasteiger partial charge in [0.2, 0.25) is 0 Å². The lowest BCUT2D eigenvalue weighted by atomic mass is 10.0. The largest absolute Gasteiger partial charge is 0.496 e. The van der Waals surface area contributed by atoms with Crippen molar-refractivity contribution in [2.75, 3.05) is 14.2 Å². The van der Waals surface area contributed by atoms with Crippen molar-refractivity contribution < 1.29 is 18.3 Å². The third-order valence-electron chi connectivity index (χ3n) is 3.03. The maximum Gasteiger partial charge on any atom is 0.141 e. The number of hydrogen-bond acceptors (Lipinski definition) is 2. The first-order valence-electron chi connectivity index (χ1n) is 5.99. The Morgan fingerprint density at radius 1 is 1.05 bits per heavy atom. The summed E-state index contributed by atoms with van der Waals surface area (Å²) in [5, 5.41) is -0.881. The number of hydrogen-bond donors (Lipinski definition) is 0. The zero-order chi connectivity index (χ0) is 15.6. The normalized spacial score (nSPS) is 12.1. The first-order chi connectivity index (χ1) is 9.99. The van der Waals surface area contributed by atoms with Crippen molar-refractivity contribution in [2.45, 2.75) is 5.38 Å². The number of methoxy groups -OCH3 is 2. The molecule has 2 nitrogen and oxygen atoms in total. The van der Waals surface area contributed by atoms with Crippen LogP contribution < -0.4 is 9.47 Å². The number of rotatable bonds is 4. The molecule has 1 unspecified atom stereocenters. The molecule has 0 fully saturated rings. The average Bonchev–Trinajstić information content (AvgIpc) is 2.48. The Morgan fingerprint density at radius 3 is 2.33 bits per heavy atom. The van der Waals surface area contributed by atoms with Crippen molar-refractivity contribution >= 4 is 27.5 Å². The second-order valence-corrected chi connectivity index (χ2v) is 5.52. The van der Waals surface area contributed by atoms with Crippen LogP contribution in [0.25, 0.3) is 0 Å². The summed E-state index contributed by atoms with van der Waals surface area (Å²) in [5.41, 5.74) is 0.620. The van der Waals surface area contributed by atoms with Gasteiger partial charge in [0.25, 0.3) is 0 Å². The number of alkyl halides is 1. The molecule has 0 heterocycles. The van der Waals surface area contributed by atoms with E-state index in [-0.39, 0.29) is 15.8 Å². The van der Waals surface area contributed by atoms with Gasteiger partial charge in [-0.15, -0.1) is 11.6 Å². The fourth-order valence-corrected chi connectivity index (χ4v) is 2.76. The molecule has 6 heteroatoms. The lowest BCUT2D eigenvalue weighted by molar-refractivity contribution is 0.399. The van der Waals surface area contributed by atoms with Gasteiger partial charge in [0.05, 0.1) is 29.6 Å². The zero-order valence-corrected chi connectivity index (χ0v) is 13.6. The summed E-state index contributed by atoms with van der Waals surface area (Å²) in [6.07, 6.45) is 0. The highest BCUT2D eigenvalue weighted by Crippen LogP contribution is 2.42. The van der Waals surface area contributed by atoms with Crippen LogP contribution in [0.4, 0.5) is 8.78 Å². The van der Waals surface area contributed by atoms with Crippen molar-refractivity contribution in [3.05, 3.63) is 57.6 Å². The lowest BCUT2D eigenvalue weighted by Gasteiger charge is -2.18. The molecule has 21 heavy (non-hydrogen) atoms. The van der Waals surface area contributed by atoms with Crippen molar-refractivity contribution in [3.8, 4) is 11.5 Å². The first kappa shape index (κ1) is 16.0. The van der Waals surface area contributed by atoms with Gasteiger partial charge in [0, 0.05) is 11.6 Å². The molecule has 2 aromatic rings. The molecule has 0 aliphatic carbocycles. The highest BCUT2D eigenvalue weighted by Gasteiger charge is 2.24. The summed E-state index contributed by atoms with van der Waals surface area (Å²) >= 11 is 9.48. The standard InChI is InChI=1S/C15H12BrClF2O2/c1-20-12-5-3-4-10(18)14(12)15(17)8-6-9(16)11(19)7-13(8)21-2/h3-7,15H,1-2H3. The van der Waals surface area contributed by atoms with E-state index in [1.54, 1.807) is 6.07 Å². The van der Waals surface area contributed by atoms with Crippen LogP contribution >= 0.6 is 27.5 Å². The Hall–Kier alpha value is -1.33. The molecule has 0 saturated heterocycles. The minimum atomic E-state index is -0.881. The molecular weight excluding hydrogens is 366 g/mol. The van der Waals surface area contributed by atoms with E-state index in [0.29, 0.717) is 11.3 Å². The molecule has 0 saturated carbocycles. The minimum absolute atomic E-state index is 0.179. The maximum atomic E-state index is 14.1. The van der Waals surface area contributed by atoms with Gasteiger partial charge in [0.1, 0.15) is 23.1 Å². The number of ether oxygens (including phenoxy) is 2. The minimum Gasteiger partial charge on any atom is -0.496 e. The second-order valence-electron chi connectivity index (χ2n) is 4.23. The van der Waals surface area contributed by atoms with Crippen molar-refractivity contribution in [1.29, 1.82) is 0 Å². The second kappa shape index (κ2) is 6.62. The van der Waals surface area contributed by atoms with Crippen molar-refractivity contribution in [1.82, 2.24) is 0 Å². The van der Waals surface area contributed by atoms with Crippen LogP contribution in [0, 0.1) is 11.6 Å². The molecule has 0 aromatic heterocycles. The maximum absolute atomic E-state index is 14.1. The van der Waals surface area contributed by atoms with Crippen molar-refractivity contribution in [3.63, 3.8) is 0 Å². The monoisotopic (exact) mass is 376 g/mol. The molecule has 112 valence electrons. The van der Waals surface area contributed by atoms with Gasteiger partial charge < -0.3 is 9.47 Å². The Kier molecular flexibility index (Phi) is 5.06. The molecule has 0 bridgehead atoms. The molecule has 0 N–H and O–H groups in total. The van der Waals surface area contributed by atoms with Crippen LogP contribution in [0.3, 0.4) is 0 Å². The van der Waals surface area contributed by atoms with Gasteiger partial charge in [-0.2, -0.15) is 0 Å². The quantitative estimate of drug-likeness (QED) is 0.692. The van der Waals surface area contributed by atoms with E-state index in [0.717, 1.165) is 0 Å². The molecule has 0 spiro atoms. The Labute approximate surface area is 134 Å². The van der Waals surface area contributed by atoms with E-state index >= 15 is 0 Å². The van der Waals surface area contributed by atoms with E-state index in [4.69, 9.17) is 21.1 Å². The predicted molar refractivity (Wildman–Crippen MR) is 81.3 cm³/mol. The van der Waals surface area contributed by atoms with Gasteiger partial charge >= 0.3 is 0 Å². The highest BCUT2D eigenvalue weighted by molar-refractivity contribution is 9.10. The molecule has 0 radical (unpaired) electrons. The predicted octanol–water partition coefficient (Wildman–Crippen LogP) is 5.07. The average molecular weight is 378 g/mol. The summed E-state index contributed by atoms with van der Waals surface area (Å²) in [7, 11) is 2.83. The summed E-state index contributed by atoms with van der Waals surface area (Å²) in [4.78, 5) is 0. The van der Waals surface area contributed by atoms with Gasteiger partial charge in [0.15, 0.2) is 0 Å². The van der Waals surface area contributed by atoms with Crippen LogP contribution in [-0.4, -0.2) is 14.2 Å². The topological polar surface area (TPSA) is 18.5 Å². The Bertz CT molecular complexity index is 664. The zero-order valence-electron chi connectivity index (χ0n) is 11.3. The smallest absolute Gasteiger partial charge is 0.141 e. The highest BCUT2D eigenvalue weighted by atomic mass is 79.9. The van der Waals surface area contributed by atoms with Crippen LogP contribution in [0.15, 0.2) is 34.8 Å². The van der Waals surface area contributed by atoms with E-state index in [1.165, 1.54) is 38.5 Å². The van der Waals surface area contributed by atoms with Crippen LogP contribution in [0.2, 0.25) is 0 Å². The van der Waals surface area contributed by atoms with Crippen LogP contribution in [0.1, 0.15) is 16.5 Å². The fraction of sp³-hybridized carbons (Fsp3) is 0.200. The summed E-state index contributed by atoms with van der Waals surface area (Å²) < 4.78 is 38.2. The van der Waals surface area contributed by atoms with Gasteiger partial charge in [-0.3, -0.25) is 0 Å². The van der Waals surface area contributed by atoms with Gasteiger partial charge in [-0.25, -0.2) is 8.78 Å². The molecule has 1 atom stereocenters. The molecule has 0 aliphatic rings. The van der Waals surface area contributed by atoms with E-state index in [2.05, 4.69) is 15.9 Å². The summed E-state index contributed by atoms with van der Waals surface area (Å²) in [6, 6.07) is 7.09. The van der Waals surface area contributed by atoms with Crippen LogP contribution in [-0.2, 0) is 0 Å².